The van der Waals surface area contributed by atoms with E-state index >= 15 is 0 Å². The molecule has 0 aliphatic rings. The number of rotatable bonds is 2. The van der Waals surface area contributed by atoms with Gasteiger partial charge in [-0.2, -0.15) is 18.3 Å². The van der Waals surface area contributed by atoms with Gasteiger partial charge in [0.2, 0.25) is 0 Å². The standard InChI is InChI=1S/C15H17F3N2O/c1-9-5-6-12(10(2)7-9)20-13(15(16,17)18)11(8-19-20)14(3,4)21/h5-8,21H,1-4H3. The molecule has 0 unspecified atom stereocenters. The van der Waals surface area contributed by atoms with Crippen molar-refractivity contribution in [1.29, 1.82) is 0 Å². The molecular weight excluding hydrogens is 281 g/mol. The molecule has 0 aliphatic heterocycles. The van der Waals surface area contributed by atoms with Crippen LogP contribution in [0.3, 0.4) is 0 Å². The number of aromatic nitrogens is 2. The zero-order valence-electron chi connectivity index (χ0n) is 12.3. The minimum absolute atomic E-state index is 0.241. The van der Waals surface area contributed by atoms with Crippen molar-refractivity contribution < 1.29 is 18.3 Å². The topological polar surface area (TPSA) is 38.0 Å². The highest BCUT2D eigenvalue weighted by Gasteiger charge is 2.42. The second kappa shape index (κ2) is 4.87. The second-order valence-corrected chi connectivity index (χ2v) is 5.67. The minimum atomic E-state index is -4.61. The molecule has 0 amide bonds. The lowest BCUT2D eigenvalue weighted by Crippen LogP contribution is -2.23. The van der Waals surface area contributed by atoms with Crippen LogP contribution in [0.25, 0.3) is 5.69 Å². The maximum absolute atomic E-state index is 13.4. The fraction of sp³-hybridized carbons (Fsp3) is 0.400. The number of alkyl halides is 3. The summed E-state index contributed by atoms with van der Waals surface area (Å²) in [4.78, 5) is 0. The van der Waals surface area contributed by atoms with Crippen LogP contribution in [0.1, 0.15) is 36.2 Å². The van der Waals surface area contributed by atoms with Crippen LogP contribution in [-0.4, -0.2) is 14.9 Å². The molecular formula is C15H17F3N2O. The van der Waals surface area contributed by atoms with Crippen LogP contribution in [0, 0.1) is 13.8 Å². The quantitative estimate of drug-likeness (QED) is 0.917. The van der Waals surface area contributed by atoms with Gasteiger partial charge in [-0.15, -0.1) is 0 Å². The third-order valence-electron chi connectivity index (χ3n) is 3.28. The molecule has 3 nitrogen and oxygen atoms in total. The number of aryl methyl sites for hydroxylation is 2. The van der Waals surface area contributed by atoms with Gasteiger partial charge >= 0.3 is 6.18 Å². The summed E-state index contributed by atoms with van der Waals surface area (Å²) in [5.41, 5.74) is -0.812. The lowest BCUT2D eigenvalue weighted by Gasteiger charge is -2.20. The molecule has 0 aliphatic carbocycles. The predicted molar refractivity (Wildman–Crippen MR) is 73.3 cm³/mol. The van der Waals surface area contributed by atoms with Crippen molar-refractivity contribution in [2.24, 2.45) is 0 Å². The predicted octanol–water partition coefficient (Wildman–Crippen LogP) is 3.74. The largest absolute Gasteiger partial charge is 0.433 e. The van der Waals surface area contributed by atoms with Crippen LogP contribution < -0.4 is 0 Å². The van der Waals surface area contributed by atoms with E-state index in [4.69, 9.17) is 0 Å². The Morgan fingerprint density at radius 2 is 1.76 bits per heavy atom. The molecule has 21 heavy (non-hydrogen) atoms. The average molecular weight is 298 g/mol. The number of aliphatic hydroxyl groups is 1. The fourth-order valence-electron chi connectivity index (χ4n) is 2.29. The van der Waals surface area contributed by atoms with Crippen molar-refractivity contribution >= 4 is 0 Å². The Labute approximate surface area is 121 Å². The first kappa shape index (κ1) is 15.6. The summed E-state index contributed by atoms with van der Waals surface area (Å²) in [6.07, 6.45) is -3.54. The first-order valence-electron chi connectivity index (χ1n) is 6.47. The van der Waals surface area contributed by atoms with Gasteiger partial charge in [0, 0.05) is 5.56 Å². The molecule has 0 bridgehead atoms. The summed E-state index contributed by atoms with van der Waals surface area (Å²) in [6.45, 7) is 6.22. The molecule has 1 aromatic carbocycles. The summed E-state index contributed by atoms with van der Waals surface area (Å²) in [5, 5.41) is 13.8. The number of benzene rings is 1. The van der Waals surface area contributed by atoms with E-state index in [0.717, 1.165) is 16.4 Å². The van der Waals surface area contributed by atoms with Crippen LogP contribution in [-0.2, 0) is 11.8 Å². The van der Waals surface area contributed by atoms with Crippen molar-refractivity contribution in [2.75, 3.05) is 0 Å². The Balaban J connectivity index is 2.73. The fourth-order valence-corrected chi connectivity index (χ4v) is 2.29. The van der Waals surface area contributed by atoms with Gasteiger partial charge in [0.1, 0.15) is 0 Å². The lowest BCUT2D eigenvalue weighted by molar-refractivity contribution is -0.145. The molecule has 0 saturated heterocycles. The van der Waals surface area contributed by atoms with Crippen molar-refractivity contribution in [2.45, 2.75) is 39.5 Å². The van der Waals surface area contributed by atoms with Gasteiger partial charge in [-0.05, 0) is 39.3 Å². The van der Waals surface area contributed by atoms with Gasteiger partial charge in [0.15, 0.2) is 5.69 Å². The Hall–Kier alpha value is -1.82. The first-order valence-corrected chi connectivity index (χ1v) is 6.47. The molecule has 114 valence electrons. The van der Waals surface area contributed by atoms with Gasteiger partial charge in [-0.1, -0.05) is 17.7 Å². The monoisotopic (exact) mass is 298 g/mol. The maximum atomic E-state index is 13.4. The third-order valence-corrected chi connectivity index (χ3v) is 3.28. The smallest absolute Gasteiger partial charge is 0.386 e. The molecule has 2 rings (SSSR count). The number of hydrogen-bond donors (Lipinski definition) is 1. The maximum Gasteiger partial charge on any atom is 0.433 e. The van der Waals surface area contributed by atoms with Crippen molar-refractivity contribution in [3.63, 3.8) is 0 Å². The molecule has 0 spiro atoms. The normalized spacial score (nSPS) is 12.8. The molecule has 0 radical (unpaired) electrons. The van der Waals surface area contributed by atoms with Crippen LogP contribution in [0.5, 0.6) is 0 Å². The zero-order chi connectivity index (χ0) is 16.0. The average Bonchev–Trinajstić information content (AvgIpc) is 2.72. The summed E-state index contributed by atoms with van der Waals surface area (Å²) < 4.78 is 41.0. The Morgan fingerprint density at radius 1 is 1.14 bits per heavy atom. The van der Waals surface area contributed by atoms with Gasteiger partial charge in [-0.25, -0.2) is 4.68 Å². The molecule has 1 aromatic heterocycles. The van der Waals surface area contributed by atoms with Crippen LogP contribution >= 0.6 is 0 Å². The van der Waals surface area contributed by atoms with Gasteiger partial charge < -0.3 is 5.11 Å². The van der Waals surface area contributed by atoms with Gasteiger partial charge in [0.05, 0.1) is 17.5 Å². The molecule has 0 saturated carbocycles. The van der Waals surface area contributed by atoms with Crippen molar-refractivity contribution in [3.05, 3.63) is 46.8 Å². The van der Waals surface area contributed by atoms with E-state index in [9.17, 15) is 18.3 Å². The number of hydrogen-bond acceptors (Lipinski definition) is 2. The van der Waals surface area contributed by atoms with Crippen LogP contribution in [0.2, 0.25) is 0 Å². The van der Waals surface area contributed by atoms with E-state index in [1.807, 2.05) is 6.92 Å². The van der Waals surface area contributed by atoms with Gasteiger partial charge in [0.25, 0.3) is 0 Å². The Morgan fingerprint density at radius 3 is 2.24 bits per heavy atom. The molecule has 1 N–H and O–H groups in total. The van der Waals surface area contributed by atoms with E-state index in [1.165, 1.54) is 13.8 Å². The third kappa shape index (κ3) is 2.95. The van der Waals surface area contributed by atoms with E-state index in [-0.39, 0.29) is 5.56 Å². The second-order valence-electron chi connectivity index (χ2n) is 5.67. The molecule has 2 aromatic rings. The van der Waals surface area contributed by atoms with E-state index in [1.54, 1.807) is 25.1 Å². The number of halogens is 3. The highest BCUT2D eigenvalue weighted by atomic mass is 19.4. The van der Waals surface area contributed by atoms with E-state index in [0.29, 0.717) is 11.3 Å². The highest BCUT2D eigenvalue weighted by Crippen LogP contribution is 2.38. The first-order chi connectivity index (χ1) is 9.51. The molecule has 1 heterocycles. The molecule has 0 atom stereocenters. The summed E-state index contributed by atoms with van der Waals surface area (Å²) >= 11 is 0. The summed E-state index contributed by atoms with van der Waals surface area (Å²) in [5.74, 6) is 0. The van der Waals surface area contributed by atoms with Crippen LogP contribution in [0.4, 0.5) is 13.2 Å². The van der Waals surface area contributed by atoms with Gasteiger partial charge in [-0.3, -0.25) is 0 Å². The van der Waals surface area contributed by atoms with E-state index in [2.05, 4.69) is 5.10 Å². The van der Waals surface area contributed by atoms with Crippen molar-refractivity contribution in [3.8, 4) is 5.69 Å². The van der Waals surface area contributed by atoms with Crippen molar-refractivity contribution in [1.82, 2.24) is 9.78 Å². The Bertz CT molecular complexity index is 667. The molecule has 0 fully saturated rings. The SMILES string of the molecule is Cc1ccc(-n2ncc(C(C)(C)O)c2C(F)(F)F)c(C)c1. The molecule has 6 heteroatoms. The lowest BCUT2D eigenvalue weighted by atomic mass is 9.98. The van der Waals surface area contributed by atoms with Crippen LogP contribution in [0.15, 0.2) is 24.4 Å². The number of nitrogens with zero attached hydrogens (tertiary/aromatic N) is 2. The minimum Gasteiger partial charge on any atom is -0.386 e. The van der Waals surface area contributed by atoms with E-state index < -0.39 is 17.5 Å². The Kier molecular flexibility index (Phi) is 3.61. The summed E-state index contributed by atoms with van der Waals surface area (Å²) in [7, 11) is 0. The zero-order valence-corrected chi connectivity index (χ0v) is 12.3. The summed E-state index contributed by atoms with van der Waals surface area (Å²) in [6, 6.07) is 5.12. The highest BCUT2D eigenvalue weighted by molar-refractivity contribution is 5.45.